The first-order valence-corrected chi connectivity index (χ1v) is 8.37. The van der Waals surface area contributed by atoms with E-state index in [2.05, 4.69) is 22.4 Å². The van der Waals surface area contributed by atoms with Crippen LogP contribution in [0.4, 0.5) is 0 Å². The maximum atomic E-state index is 12.5. The Morgan fingerprint density at radius 2 is 2.24 bits per heavy atom. The number of ether oxygens (including phenoxy) is 2. The van der Waals surface area contributed by atoms with Crippen molar-refractivity contribution in [2.24, 2.45) is 5.92 Å². The van der Waals surface area contributed by atoms with Crippen LogP contribution in [-0.2, 0) is 17.8 Å². The summed E-state index contributed by atoms with van der Waals surface area (Å²) in [6.45, 7) is 0.879. The van der Waals surface area contributed by atoms with Crippen LogP contribution < -0.4 is 14.8 Å². The summed E-state index contributed by atoms with van der Waals surface area (Å²) in [6, 6.07) is 14.0. The largest absolute Gasteiger partial charge is 0.493 e. The van der Waals surface area contributed by atoms with Crippen LogP contribution in [0.1, 0.15) is 11.1 Å². The van der Waals surface area contributed by atoms with Crippen molar-refractivity contribution in [3.05, 3.63) is 59.8 Å². The van der Waals surface area contributed by atoms with E-state index in [4.69, 9.17) is 9.47 Å². The Kier molecular flexibility index (Phi) is 4.06. The molecule has 2 heterocycles. The zero-order chi connectivity index (χ0) is 17.2. The molecule has 128 valence electrons. The average Bonchev–Trinajstić information content (AvgIpc) is 3.12. The van der Waals surface area contributed by atoms with E-state index >= 15 is 0 Å². The van der Waals surface area contributed by atoms with E-state index in [9.17, 15) is 4.79 Å². The molecule has 5 heteroatoms. The monoisotopic (exact) mass is 336 g/mol. The molecule has 2 N–H and O–H groups in total. The summed E-state index contributed by atoms with van der Waals surface area (Å²) in [6.07, 6.45) is 2.58. The van der Waals surface area contributed by atoms with Crippen molar-refractivity contribution in [3.63, 3.8) is 0 Å². The summed E-state index contributed by atoms with van der Waals surface area (Å²) < 4.78 is 11.1. The molecule has 0 saturated heterocycles. The zero-order valence-corrected chi connectivity index (χ0v) is 14.0. The zero-order valence-electron chi connectivity index (χ0n) is 14.0. The summed E-state index contributed by atoms with van der Waals surface area (Å²) in [5, 5.41) is 4.19. The van der Waals surface area contributed by atoms with Crippen LogP contribution in [0.25, 0.3) is 10.9 Å². The minimum absolute atomic E-state index is 0.0139. The highest BCUT2D eigenvalue weighted by atomic mass is 16.5. The Labute approximate surface area is 146 Å². The summed E-state index contributed by atoms with van der Waals surface area (Å²) in [7, 11) is 1.62. The number of carbonyl (C=O) groups excluding carboxylic acids is 1. The maximum absolute atomic E-state index is 12.5. The van der Waals surface area contributed by atoms with Crippen LogP contribution in [-0.4, -0.2) is 24.6 Å². The lowest BCUT2D eigenvalue weighted by Gasteiger charge is -2.25. The highest BCUT2D eigenvalue weighted by Crippen LogP contribution is 2.36. The molecule has 1 atom stereocenters. The Morgan fingerprint density at radius 1 is 1.32 bits per heavy atom. The van der Waals surface area contributed by atoms with Crippen molar-refractivity contribution in [1.82, 2.24) is 10.3 Å². The predicted molar refractivity (Wildman–Crippen MR) is 95.8 cm³/mol. The molecule has 0 fully saturated rings. The number of rotatable bonds is 4. The molecule has 1 aliphatic heterocycles. The number of nitrogens with one attached hydrogen (secondary N) is 2. The molecule has 0 radical (unpaired) electrons. The topological polar surface area (TPSA) is 63.4 Å². The summed E-state index contributed by atoms with van der Waals surface area (Å²) in [5.74, 6) is 1.30. The number of H-pyrrole nitrogens is 1. The number of carbonyl (C=O) groups is 1. The molecule has 1 aromatic heterocycles. The number of benzene rings is 2. The van der Waals surface area contributed by atoms with Gasteiger partial charge >= 0.3 is 0 Å². The SMILES string of the molecule is COc1cccc2c1OCC(C(=O)NCc1ccc3cc[nH]c3c1)C2. The number of hydrogen-bond acceptors (Lipinski definition) is 3. The standard InChI is InChI=1S/C20H20N2O3/c1-24-18-4-2-3-15-10-16(12-25-19(15)18)20(23)22-11-13-5-6-14-7-8-21-17(14)9-13/h2-9,16,21H,10-12H2,1H3,(H,22,23). The fourth-order valence-electron chi connectivity index (χ4n) is 3.26. The van der Waals surface area contributed by atoms with Gasteiger partial charge in [0.1, 0.15) is 6.61 Å². The van der Waals surface area contributed by atoms with Gasteiger partial charge in [0.05, 0.1) is 13.0 Å². The second-order valence-corrected chi connectivity index (χ2v) is 6.28. The maximum Gasteiger partial charge on any atom is 0.227 e. The summed E-state index contributed by atoms with van der Waals surface area (Å²) in [4.78, 5) is 15.7. The van der Waals surface area contributed by atoms with E-state index in [1.807, 2.05) is 36.5 Å². The summed E-state index contributed by atoms with van der Waals surface area (Å²) in [5.41, 5.74) is 3.16. The van der Waals surface area contributed by atoms with Crippen molar-refractivity contribution in [2.45, 2.75) is 13.0 Å². The molecule has 1 amide bonds. The van der Waals surface area contributed by atoms with Crippen LogP contribution in [0.3, 0.4) is 0 Å². The van der Waals surface area contributed by atoms with Crippen LogP contribution in [0.2, 0.25) is 0 Å². The van der Waals surface area contributed by atoms with Crippen molar-refractivity contribution < 1.29 is 14.3 Å². The molecule has 3 aromatic rings. The first-order chi connectivity index (χ1) is 12.2. The lowest BCUT2D eigenvalue weighted by molar-refractivity contribution is -0.126. The molecule has 5 nitrogen and oxygen atoms in total. The molecule has 1 unspecified atom stereocenters. The van der Waals surface area contributed by atoms with Crippen molar-refractivity contribution in [3.8, 4) is 11.5 Å². The van der Waals surface area contributed by atoms with Crippen molar-refractivity contribution >= 4 is 16.8 Å². The number of aromatic nitrogens is 1. The molecule has 0 saturated carbocycles. The van der Waals surface area contributed by atoms with E-state index in [1.165, 1.54) is 5.39 Å². The lowest BCUT2D eigenvalue weighted by atomic mass is 9.95. The first-order valence-electron chi connectivity index (χ1n) is 8.37. The van der Waals surface area contributed by atoms with Gasteiger partial charge in [-0.2, -0.15) is 0 Å². The minimum Gasteiger partial charge on any atom is -0.493 e. The quantitative estimate of drug-likeness (QED) is 0.770. The fourth-order valence-corrected chi connectivity index (χ4v) is 3.26. The second-order valence-electron chi connectivity index (χ2n) is 6.28. The third-order valence-electron chi connectivity index (χ3n) is 4.63. The van der Waals surface area contributed by atoms with Crippen LogP contribution in [0, 0.1) is 5.92 Å². The molecular weight excluding hydrogens is 316 g/mol. The van der Waals surface area contributed by atoms with Gasteiger partial charge in [-0.3, -0.25) is 4.79 Å². The van der Waals surface area contributed by atoms with Gasteiger partial charge in [-0.1, -0.05) is 24.3 Å². The number of aromatic amines is 1. The van der Waals surface area contributed by atoms with Gasteiger partial charge in [-0.15, -0.1) is 0 Å². The third-order valence-corrected chi connectivity index (χ3v) is 4.63. The number of methoxy groups -OCH3 is 1. The smallest absolute Gasteiger partial charge is 0.227 e. The van der Waals surface area contributed by atoms with Gasteiger partial charge in [0.2, 0.25) is 5.91 Å². The Balaban J connectivity index is 1.41. The third kappa shape index (κ3) is 3.05. The van der Waals surface area contributed by atoms with Crippen LogP contribution in [0.15, 0.2) is 48.7 Å². The Morgan fingerprint density at radius 3 is 3.12 bits per heavy atom. The van der Waals surface area contributed by atoms with E-state index in [0.717, 1.165) is 28.1 Å². The van der Waals surface area contributed by atoms with E-state index in [-0.39, 0.29) is 11.8 Å². The van der Waals surface area contributed by atoms with Gasteiger partial charge in [0.25, 0.3) is 0 Å². The van der Waals surface area contributed by atoms with Crippen molar-refractivity contribution in [2.75, 3.05) is 13.7 Å². The molecule has 0 aliphatic carbocycles. The van der Waals surface area contributed by atoms with E-state index < -0.39 is 0 Å². The van der Waals surface area contributed by atoms with Gasteiger partial charge in [-0.05, 0) is 41.1 Å². The number of hydrogen-bond donors (Lipinski definition) is 2. The highest BCUT2D eigenvalue weighted by molar-refractivity contribution is 5.81. The van der Waals surface area contributed by atoms with Crippen LogP contribution in [0.5, 0.6) is 11.5 Å². The second kappa shape index (κ2) is 6.51. The molecular formula is C20H20N2O3. The fraction of sp³-hybridized carbons (Fsp3) is 0.250. The number of amides is 1. The first kappa shape index (κ1) is 15.6. The number of para-hydroxylation sites is 1. The Bertz CT molecular complexity index is 916. The molecule has 2 aromatic carbocycles. The van der Waals surface area contributed by atoms with E-state index in [0.29, 0.717) is 19.6 Å². The highest BCUT2D eigenvalue weighted by Gasteiger charge is 2.27. The normalized spacial score (nSPS) is 16.1. The van der Waals surface area contributed by atoms with Gasteiger partial charge in [0.15, 0.2) is 11.5 Å². The van der Waals surface area contributed by atoms with E-state index in [1.54, 1.807) is 7.11 Å². The molecule has 25 heavy (non-hydrogen) atoms. The van der Waals surface area contributed by atoms with Crippen molar-refractivity contribution in [1.29, 1.82) is 0 Å². The minimum atomic E-state index is -0.186. The van der Waals surface area contributed by atoms with Gasteiger partial charge in [-0.25, -0.2) is 0 Å². The Hall–Kier alpha value is -2.95. The predicted octanol–water partition coefficient (Wildman–Crippen LogP) is 3.04. The number of fused-ring (bicyclic) bond motifs is 2. The van der Waals surface area contributed by atoms with Crippen LogP contribution >= 0.6 is 0 Å². The molecule has 0 spiro atoms. The van der Waals surface area contributed by atoms with Gasteiger partial charge < -0.3 is 19.8 Å². The molecule has 4 rings (SSSR count). The lowest BCUT2D eigenvalue weighted by Crippen LogP contribution is -2.37. The van der Waals surface area contributed by atoms with Gasteiger partial charge in [0, 0.05) is 18.3 Å². The average molecular weight is 336 g/mol. The molecule has 1 aliphatic rings. The summed E-state index contributed by atoms with van der Waals surface area (Å²) >= 11 is 0. The molecule has 0 bridgehead atoms.